The van der Waals surface area contributed by atoms with Gasteiger partial charge in [-0.1, -0.05) is 53.5 Å². The predicted molar refractivity (Wildman–Crippen MR) is 103 cm³/mol. The van der Waals surface area contributed by atoms with Crippen molar-refractivity contribution in [2.45, 2.75) is 10.9 Å². The Bertz CT molecular complexity index is 841. The van der Waals surface area contributed by atoms with Gasteiger partial charge in [-0.2, -0.15) is 0 Å². The number of hydrogen-bond donors (Lipinski definition) is 1. The van der Waals surface area contributed by atoms with Gasteiger partial charge in [0.05, 0.1) is 24.3 Å². The first-order chi connectivity index (χ1) is 12.5. The average Bonchev–Trinajstić information content (AvgIpc) is 2.64. The summed E-state index contributed by atoms with van der Waals surface area (Å²) < 4.78 is 34.0. The molecular formula is C18H20Cl2N2O3S. The van der Waals surface area contributed by atoms with E-state index in [-0.39, 0.29) is 9.92 Å². The van der Waals surface area contributed by atoms with Crippen molar-refractivity contribution in [1.82, 2.24) is 9.62 Å². The number of sulfonamides is 1. The fourth-order valence-corrected chi connectivity index (χ4v) is 4.85. The molecule has 1 fully saturated rings. The lowest BCUT2D eigenvalue weighted by Crippen LogP contribution is -2.43. The zero-order valence-electron chi connectivity index (χ0n) is 14.1. The third-order valence-electron chi connectivity index (χ3n) is 4.23. The number of benzene rings is 2. The minimum Gasteiger partial charge on any atom is -0.379 e. The number of rotatable bonds is 6. The Morgan fingerprint density at radius 2 is 1.77 bits per heavy atom. The first kappa shape index (κ1) is 19.6. The minimum absolute atomic E-state index is 0.0189. The first-order valence-corrected chi connectivity index (χ1v) is 10.5. The SMILES string of the molecule is O=S(=O)(N[C@H](CN1CCOCC1)c1ccccc1)c1cc(Cl)ccc1Cl. The van der Waals surface area contributed by atoms with Gasteiger partial charge >= 0.3 is 0 Å². The molecule has 3 rings (SSSR count). The van der Waals surface area contributed by atoms with Crippen LogP contribution in [0.2, 0.25) is 10.0 Å². The van der Waals surface area contributed by atoms with Crippen LogP contribution in [0.3, 0.4) is 0 Å². The zero-order valence-corrected chi connectivity index (χ0v) is 16.4. The maximum Gasteiger partial charge on any atom is 0.242 e. The van der Waals surface area contributed by atoms with Gasteiger partial charge in [0.2, 0.25) is 10.0 Å². The van der Waals surface area contributed by atoms with Crippen molar-refractivity contribution in [2.24, 2.45) is 0 Å². The average molecular weight is 415 g/mol. The van der Waals surface area contributed by atoms with Crippen molar-refractivity contribution >= 4 is 33.2 Å². The predicted octanol–water partition coefficient (Wildman–Crippen LogP) is 3.35. The summed E-state index contributed by atoms with van der Waals surface area (Å²) in [6.07, 6.45) is 0. The molecule has 0 aromatic heterocycles. The van der Waals surface area contributed by atoms with E-state index in [4.69, 9.17) is 27.9 Å². The van der Waals surface area contributed by atoms with E-state index in [2.05, 4.69) is 9.62 Å². The summed E-state index contributed by atoms with van der Waals surface area (Å²) in [5.41, 5.74) is 0.890. The summed E-state index contributed by atoms with van der Waals surface area (Å²) in [6, 6.07) is 13.5. The molecule has 26 heavy (non-hydrogen) atoms. The summed E-state index contributed by atoms with van der Waals surface area (Å²) in [4.78, 5) is 2.16. The zero-order chi connectivity index (χ0) is 18.6. The van der Waals surface area contributed by atoms with Crippen molar-refractivity contribution in [3.63, 3.8) is 0 Å². The molecule has 0 aliphatic carbocycles. The van der Waals surface area contributed by atoms with Crippen LogP contribution in [0.4, 0.5) is 0 Å². The van der Waals surface area contributed by atoms with Gasteiger partial charge in [-0.3, -0.25) is 4.90 Å². The molecule has 8 heteroatoms. The van der Waals surface area contributed by atoms with Crippen LogP contribution in [0.1, 0.15) is 11.6 Å². The highest BCUT2D eigenvalue weighted by atomic mass is 35.5. The molecule has 1 aliphatic rings. The monoisotopic (exact) mass is 414 g/mol. The number of hydrogen-bond acceptors (Lipinski definition) is 4. The number of nitrogens with zero attached hydrogens (tertiary/aromatic N) is 1. The molecule has 1 N–H and O–H groups in total. The lowest BCUT2D eigenvalue weighted by molar-refractivity contribution is 0.0345. The van der Waals surface area contributed by atoms with Crippen molar-refractivity contribution in [2.75, 3.05) is 32.8 Å². The highest BCUT2D eigenvalue weighted by molar-refractivity contribution is 7.89. The topological polar surface area (TPSA) is 58.6 Å². The van der Waals surface area contributed by atoms with Crippen LogP contribution >= 0.6 is 23.2 Å². The number of halogens is 2. The Hall–Kier alpha value is -1.15. The maximum atomic E-state index is 12.9. The second-order valence-corrected chi connectivity index (χ2v) is 8.60. The van der Waals surface area contributed by atoms with Gasteiger partial charge in [0.25, 0.3) is 0 Å². The Kier molecular flexibility index (Phi) is 6.55. The molecule has 0 spiro atoms. The third-order valence-corrected chi connectivity index (χ3v) is 6.41. The second kappa shape index (κ2) is 8.69. The molecule has 1 aliphatic heterocycles. The Morgan fingerprint density at radius 1 is 1.08 bits per heavy atom. The Labute approximate surface area is 163 Å². The van der Waals surface area contributed by atoms with Crippen molar-refractivity contribution < 1.29 is 13.2 Å². The molecule has 2 aromatic rings. The van der Waals surface area contributed by atoms with Crippen LogP contribution < -0.4 is 4.72 Å². The molecule has 1 atom stereocenters. The van der Waals surface area contributed by atoms with Crippen LogP contribution in [-0.4, -0.2) is 46.2 Å². The van der Waals surface area contributed by atoms with E-state index in [9.17, 15) is 8.42 Å². The van der Waals surface area contributed by atoms with Crippen molar-refractivity contribution in [3.05, 3.63) is 64.1 Å². The lowest BCUT2D eigenvalue weighted by atomic mass is 10.1. The smallest absolute Gasteiger partial charge is 0.242 e. The Morgan fingerprint density at radius 3 is 2.46 bits per heavy atom. The summed E-state index contributed by atoms with van der Waals surface area (Å²) in [5, 5.41) is 0.458. The highest BCUT2D eigenvalue weighted by Crippen LogP contribution is 2.27. The molecule has 0 unspecified atom stereocenters. The third kappa shape index (κ3) is 4.97. The van der Waals surface area contributed by atoms with E-state index in [1.54, 1.807) is 6.07 Å². The standard InChI is InChI=1S/C18H20Cl2N2O3S/c19-15-6-7-16(20)18(12-15)26(23,24)21-17(14-4-2-1-3-5-14)13-22-8-10-25-11-9-22/h1-7,12,17,21H,8-11,13H2/t17-/m1/s1. The molecule has 0 amide bonds. The van der Waals surface area contributed by atoms with E-state index in [1.165, 1.54) is 12.1 Å². The van der Waals surface area contributed by atoms with E-state index in [0.29, 0.717) is 24.8 Å². The molecule has 5 nitrogen and oxygen atoms in total. The summed E-state index contributed by atoms with van der Waals surface area (Å²) in [5.74, 6) is 0. The largest absolute Gasteiger partial charge is 0.379 e. The van der Waals surface area contributed by atoms with Crippen LogP contribution in [0.15, 0.2) is 53.4 Å². The van der Waals surface area contributed by atoms with Crippen LogP contribution in [0.5, 0.6) is 0 Å². The van der Waals surface area contributed by atoms with Gasteiger partial charge in [0.15, 0.2) is 0 Å². The number of morpholine rings is 1. The Balaban J connectivity index is 1.87. The lowest BCUT2D eigenvalue weighted by Gasteiger charge is -2.31. The molecule has 2 aromatic carbocycles. The van der Waals surface area contributed by atoms with Crippen molar-refractivity contribution in [3.8, 4) is 0 Å². The molecule has 0 radical (unpaired) electrons. The maximum absolute atomic E-state index is 12.9. The summed E-state index contributed by atoms with van der Waals surface area (Å²) in [7, 11) is -3.84. The molecule has 140 valence electrons. The van der Waals surface area contributed by atoms with E-state index in [0.717, 1.165) is 18.7 Å². The highest BCUT2D eigenvalue weighted by Gasteiger charge is 2.26. The van der Waals surface area contributed by atoms with Gasteiger partial charge in [0.1, 0.15) is 4.90 Å². The number of nitrogens with one attached hydrogen (secondary N) is 1. The van der Waals surface area contributed by atoms with E-state index < -0.39 is 16.1 Å². The molecule has 1 heterocycles. The minimum atomic E-state index is -3.84. The normalized spacial score (nSPS) is 17.2. The van der Waals surface area contributed by atoms with E-state index >= 15 is 0 Å². The molecular weight excluding hydrogens is 395 g/mol. The van der Waals surface area contributed by atoms with Crippen molar-refractivity contribution in [1.29, 1.82) is 0 Å². The van der Waals surface area contributed by atoms with E-state index in [1.807, 2.05) is 30.3 Å². The fourth-order valence-electron chi connectivity index (χ4n) is 2.87. The quantitative estimate of drug-likeness (QED) is 0.786. The van der Waals surface area contributed by atoms with Crippen LogP contribution in [0.25, 0.3) is 0 Å². The second-order valence-electron chi connectivity index (χ2n) is 6.07. The molecule has 1 saturated heterocycles. The van der Waals surface area contributed by atoms with Crippen LogP contribution in [-0.2, 0) is 14.8 Å². The molecule has 0 saturated carbocycles. The first-order valence-electron chi connectivity index (χ1n) is 8.28. The van der Waals surface area contributed by atoms with Gasteiger partial charge in [-0.05, 0) is 23.8 Å². The fraction of sp³-hybridized carbons (Fsp3) is 0.333. The summed E-state index contributed by atoms with van der Waals surface area (Å²) in [6.45, 7) is 3.37. The van der Waals surface area contributed by atoms with Crippen LogP contribution in [0, 0.1) is 0 Å². The number of ether oxygens (including phenoxy) is 1. The molecule has 0 bridgehead atoms. The van der Waals surface area contributed by atoms with Gasteiger partial charge in [-0.25, -0.2) is 13.1 Å². The van der Waals surface area contributed by atoms with Gasteiger partial charge in [0, 0.05) is 24.7 Å². The summed E-state index contributed by atoms with van der Waals surface area (Å²) >= 11 is 12.1. The van der Waals surface area contributed by atoms with Gasteiger partial charge in [-0.15, -0.1) is 0 Å². The van der Waals surface area contributed by atoms with Gasteiger partial charge < -0.3 is 4.74 Å².